The van der Waals surface area contributed by atoms with E-state index in [0.717, 1.165) is 35.6 Å². The normalized spacial score (nSPS) is 13.8. The maximum atomic E-state index is 12.9. The van der Waals surface area contributed by atoms with Crippen molar-refractivity contribution in [3.63, 3.8) is 0 Å². The lowest BCUT2D eigenvalue weighted by Crippen LogP contribution is -2.26. The third-order valence-electron chi connectivity index (χ3n) is 4.42. The maximum Gasteiger partial charge on any atom is 0.251 e. The Morgan fingerprint density at radius 1 is 1.19 bits per heavy atom. The fraction of sp³-hybridized carbons (Fsp3) is 0.333. The number of hydrogen-bond acceptors (Lipinski definition) is 3. The van der Waals surface area contributed by atoms with Gasteiger partial charge in [0.1, 0.15) is 5.82 Å². The summed E-state index contributed by atoms with van der Waals surface area (Å²) in [5.74, 6) is 0.700. The average molecular weight is 386 g/mol. The van der Waals surface area contributed by atoms with Crippen LogP contribution in [0.15, 0.2) is 53.4 Å². The number of carbonyl (C=O) groups excluding carboxylic acids is 2. The minimum atomic E-state index is -0.233. The van der Waals surface area contributed by atoms with Crippen LogP contribution in [-0.2, 0) is 11.3 Å². The van der Waals surface area contributed by atoms with Gasteiger partial charge in [0.15, 0.2) is 0 Å². The van der Waals surface area contributed by atoms with Crippen molar-refractivity contribution in [1.82, 2.24) is 10.2 Å². The van der Waals surface area contributed by atoms with Crippen LogP contribution in [0.4, 0.5) is 4.39 Å². The zero-order chi connectivity index (χ0) is 19.1. The molecule has 1 N–H and O–H groups in total. The van der Waals surface area contributed by atoms with E-state index >= 15 is 0 Å². The van der Waals surface area contributed by atoms with Gasteiger partial charge in [0.25, 0.3) is 5.91 Å². The summed E-state index contributed by atoms with van der Waals surface area (Å²) in [6, 6.07) is 13.9. The summed E-state index contributed by atoms with van der Waals surface area (Å²) in [5.41, 5.74) is 1.59. The van der Waals surface area contributed by atoms with Crippen molar-refractivity contribution in [3.05, 3.63) is 65.5 Å². The van der Waals surface area contributed by atoms with Crippen molar-refractivity contribution >= 4 is 23.6 Å². The molecule has 0 bridgehead atoms. The van der Waals surface area contributed by atoms with E-state index in [1.165, 1.54) is 12.1 Å². The molecule has 2 amide bonds. The lowest BCUT2D eigenvalue weighted by atomic mass is 10.1. The molecule has 27 heavy (non-hydrogen) atoms. The number of nitrogens with one attached hydrogen (secondary N) is 1. The largest absolute Gasteiger partial charge is 0.352 e. The molecule has 0 aromatic heterocycles. The molecule has 0 saturated carbocycles. The van der Waals surface area contributed by atoms with Crippen LogP contribution in [0.25, 0.3) is 0 Å². The van der Waals surface area contributed by atoms with Crippen molar-refractivity contribution < 1.29 is 14.0 Å². The molecule has 2 aromatic rings. The zero-order valence-corrected chi connectivity index (χ0v) is 15.9. The van der Waals surface area contributed by atoms with E-state index in [2.05, 4.69) is 5.32 Å². The van der Waals surface area contributed by atoms with Gasteiger partial charge in [0, 0.05) is 36.5 Å². The average Bonchev–Trinajstić information content (AvgIpc) is 3.07. The van der Waals surface area contributed by atoms with Crippen LogP contribution in [0.5, 0.6) is 0 Å². The molecule has 6 heteroatoms. The highest BCUT2D eigenvalue weighted by Gasteiger charge is 2.20. The summed E-state index contributed by atoms with van der Waals surface area (Å²) in [6.07, 6.45) is 2.36. The Morgan fingerprint density at radius 3 is 2.74 bits per heavy atom. The van der Waals surface area contributed by atoms with Gasteiger partial charge in [-0.1, -0.05) is 12.1 Å². The molecule has 0 aliphatic carbocycles. The Labute approximate surface area is 163 Å². The number of rotatable bonds is 8. The SMILES string of the molecule is O=C(NCCCSc1ccc(F)cc1)c1cccc(CN2CCCC2=O)c1. The smallest absolute Gasteiger partial charge is 0.251 e. The Morgan fingerprint density at radius 2 is 2.00 bits per heavy atom. The summed E-state index contributed by atoms with van der Waals surface area (Å²) in [7, 11) is 0. The number of amides is 2. The number of likely N-dealkylation sites (tertiary alicyclic amines) is 1. The van der Waals surface area contributed by atoms with E-state index in [0.29, 0.717) is 25.1 Å². The van der Waals surface area contributed by atoms with E-state index in [-0.39, 0.29) is 17.6 Å². The highest BCUT2D eigenvalue weighted by Crippen LogP contribution is 2.19. The number of carbonyl (C=O) groups is 2. The first-order chi connectivity index (χ1) is 13.1. The minimum absolute atomic E-state index is 0.101. The molecule has 1 aliphatic rings. The summed E-state index contributed by atoms with van der Waals surface area (Å²) < 4.78 is 12.9. The second-order valence-corrected chi connectivity index (χ2v) is 7.70. The van der Waals surface area contributed by atoms with Crippen molar-refractivity contribution in [1.29, 1.82) is 0 Å². The second kappa shape index (κ2) is 9.55. The third kappa shape index (κ3) is 5.82. The predicted octanol–water partition coefficient (Wildman–Crippen LogP) is 3.86. The minimum Gasteiger partial charge on any atom is -0.352 e. The van der Waals surface area contributed by atoms with Gasteiger partial charge in [-0.2, -0.15) is 0 Å². The number of hydrogen-bond donors (Lipinski definition) is 1. The van der Waals surface area contributed by atoms with Crippen LogP contribution in [0.3, 0.4) is 0 Å². The molecule has 1 heterocycles. The standard InChI is InChI=1S/C21H23FN2O2S/c22-18-7-9-19(10-8-18)27-13-3-11-23-21(26)17-5-1-4-16(14-17)15-24-12-2-6-20(24)25/h1,4-5,7-10,14H,2-3,6,11-13,15H2,(H,23,26). The van der Waals surface area contributed by atoms with Gasteiger partial charge in [-0.05, 0) is 60.6 Å². The summed E-state index contributed by atoms with van der Waals surface area (Å²) in [6.45, 7) is 1.94. The van der Waals surface area contributed by atoms with Crippen LogP contribution in [-0.4, -0.2) is 35.6 Å². The van der Waals surface area contributed by atoms with E-state index in [1.54, 1.807) is 30.0 Å². The molecular formula is C21H23FN2O2S. The van der Waals surface area contributed by atoms with Gasteiger partial charge >= 0.3 is 0 Å². The van der Waals surface area contributed by atoms with Gasteiger partial charge < -0.3 is 10.2 Å². The highest BCUT2D eigenvalue weighted by atomic mass is 32.2. The van der Waals surface area contributed by atoms with Crippen molar-refractivity contribution in [2.24, 2.45) is 0 Å². The third-order valence-corrected chi connectivity index (χ3v) is 5.52. The second-order valence-electron chi connectivity index (χ2n) is 6.53. The van der Waals surface area contributed by atoms with E-state index in [9.17, 15) is 14.0 Å². The Bertz CT molecular complexity index is 795. The van der Waals surface area contributed by atoms with Crippen LogP contribution < -0.4 is 5.32 Å². The van der Waals surface area contributed by atoms with Crippen molar-refractivity contribution in [3.8, 4) is 0 Å². The van der Waals surface area contributed by atoms with Crippen LogP contribution >= 0.6 is 11.8 Å². The number of benzene rings is 2. The Balaban J connectivity index is 1.41. The molecule has 1 fully saturated rings. The van der Waals surface area contributed by atoms with Crippen molar-refractivity contribution in [2.75, 3.05) is 18.8 Å². The molecule has 0 atom stereocenters. The fourth-order valence-corrected chi connectivity index (χ4v) is 3.85. The molecule has 1 saturated heterocycles. The quantitative estimate of drug-likeness (QED) is 0.554. The van der Waals surface area contributed by atoms with E-state index < -0.39 is 0 Å². The van der Waals surface area contributed by atoms with Crippen LogP contribution in [0.2, 0.25) is 0 Å². The Hall–Kier alpha value is -2.34. The lowest BCUT2D eigenvalue weighted by molar-refractivity contribution is -0.128. The van der Waals surface area contributed by atoms with Crippen LogP contribution in [0, 0.1) is 5.82 Å². The molecular weight excluding hydrogens is 363 g/mol. The zero-order valence-electron chi connectivity index (χ0n) is 15.1. The molecule has 2 aromatic carbocycles. The fourth-order valence-electron chi connectivity index (χ4n) is 3.00. The first-order valence-electron chi connectivity index (χ1n) is 9.15. The summed E-state index contributed by atoms with van der Waals surface area (Å²) in [5, 5.41) is 2.93. The Kier molecular flexibility index (Phi) is 6.87. The van der Waals surface area contributed by atoms with Gasteiger partial charge in [-0.3, -0.25) is 9.59 Å². The molecule has 0 unspecified atom stereocenters. The van der Waals surface area contributed by atoms with Crippen LogP contribution in [0.1, 0.15) is 35.2 Å². The lowest BCUT2D eigenvalue weighted by Gasteiger charge is -2.16. The summed E-state index contributed by atoms with van der Waals surface area (Å²) in [4.78, 5) is 26.9. The predicted molar refractivity (Wildman–Crippen MR) is 105 cm³/mol. The molecule has 0 radical (unpaired) electrons. The van der Waals surface area contributed by atoms with E-state index in [4.69, 9.17) is 0 Å². The van der Waals surface area contributed by atoms with Crippen molar-refractivity contribution in [2.45, 2.75) is 30.7 Å². The monoisotopic (exact) mass is 386 g/mol. The maximum absolute atomic E-state index is 12.9. The molecule has 142 valence electrons. The van der Waals surface area contributed by atoms with Gasteiger partial charge in [-0.25, -0.2) is 4.39 Å². The van der Waals surface area contributed by atoms with E-state index in [1.807, 2.05) is 23.1 Å². The number of thioether (sulfide) groups is 1. The number of nitrogens with zero attached hydrogens (tertiary/aromatic N) is 1. The first-order valence-corrected chi connectivity index (χ1v) is 10.1. The molecule has 3 rings (SSSR count). The molecule has 1 aliphatic heterocycles. The molecule has 0 spiro atoms. The topological polar surface area (TPSA) is 49.4 Å². The first kappa shape index (κ1) is 19.4. The van der Waals surface area contributed by atoms with Gasteiger partial charge in [0.05, 0.1) is 0 Å². The van der Waals surface area contributed by atoms with Gasteiger partial charge in [0.2, 0.25) is 5.91 Å². The summed E-state index contributed by atoms with van der Waals surface area (Å²) >= 11 is 1.64. The molecule has 4 nitrogen and oxygen atoms in total. The number of halogens is 1. The van der Waals surface area contributed by atoms with Gasteiger partial charge in [-0.15, -0.1) is 11.8 Å². The highest BCUT2D eigenvalue weighted by molar-refractivity contribution is 7.99.